The summed E-state index contributed by atoms with van der Waals surface area (Å²) in [6, 6.07) is 0. The minimum atomic E-state index is -1.49. The molecular formula is C2HBr2ClO2. The Balaban J connectivity index is 3.79. The van der Waals surface area contributed by atoms with Crippen molar-refractivity contribution in [3.63, 3.8) is 0 Å². The van der Waals surface area contributed by atoms with E-state index in [0.717, 1.165) is 0 Å². The van der Waals surface area contributed by atoms with Crippen LogP contribution in [-0.2, 0) is 4.79 Å². The lowest BCUT2D eigenvalue weighted by Crippen LogP contribution is -2.15. The summed E-state index contributed by atoms with van der Waals surface area (Å²) in [5.74, 6) is -1.16. The SMILES string of the molecule is O=[13C](O)C(Cl)(Br)Br. The van der Waals surface area contributed by atoms with E-state index in [9.17, 15) is 4.79 Å². The van der Waals surface area contributed by atoms with E-state index in [0.29, 0.717) is 0 Å². The number of carbonyl (C=O) groups is 1. The van der Waals surface area contributed by atoms with Gasteiger partial charge in [0.25, 0.3) is 0 Å². The van der Waals surface area contributed by atoms with Gasteiger partial charge in [0.1, 0.15) is 0 Å². The van der Waals surface area contributed by atoms with E-state index in [-0.39, 0.29) is 0 Å². The molecule has 0 aliphatic carbocycles. The average Bonchev–Trinajstić information content (AvgIpc) is 1.31. The lowest BCUT2D eigenvalue weighted by Gasteiger charge is -2.00. The van der Waals surface area contributed by atoms with Gasteiger partial charge in [0.2, 0.25) is 2.69 Å². The molecule has 7 heavy (non-hydrogen) atoms. The number of hydrogen-bond acceptors (Lipinski definition) is 1. The Bertz CT molecular complexity index is 86.2. The van der Waals surface area contributed by atoms with Gasteiger partial charge in [-0.3, -0.25) is 0 Å². The Hall–Kier alpha value is 0.720. The normalized spacial score (nSPS) is 11.3. The molecule has 0 amide bonds. The average molecular weight is 253 g/mol. The minimum absolute atomic E-state index is 1.16. The third-order valence-electron chi connectivity index (χ3n) is 0.243. The van der Waals surface area contributed by atoms with Gasteiger partial charge in [-0.25, -0.2) is 4.79 Å². The Labute approximate surface area is 62.1 Å². The van der Waals surface area contributed by atoms with Crippen LogP contribution in [0.25, 0.3) is 0 Å². The molecule has 42 valence electrons. The van der Waals surface area contributed by atoms with E-state index in [1.54, 1.807) is 0 Å². The van der Waals surface area contributed by atoms with Gasteiger partial charge in [0, 0.05) is 0 Å². The van der Waals surface area contributed by atoms with Crippen LogP contribution < -0.4 is 0 Å². The Morgan fingerprint density at radius 2 is 1.86 bits per heavy atom. The number of carboxylic acids is 1. The molecular weight excluding hydrogens is 252 g/mol. The maximum atomic E-state index is 9.80. The zero-order valence-corrected chi connectivity index (χ0v) is 6.92. The molecule has 0 saturated carbocycles. The van der Waals surface area contributed by atoms with Crippen LogP contribution in [0, 0.1) is 0 Å². The molecule has 0 unspecified atom stereocenters. The summed E-state index contributed by atoms with van der Waals surface area (Å²) in [6.07, 6.45) is 0. The number of alkyl halides is 3. The van der Waals surface area contributed by atoms with Gasteiger partial charge in [0.15, 0.2) is 0 Å². The van der Waals surface area contributed by atoms with Gasteiger partial charge >= 0.3 is 5.97 Å². The molecule has 0 aromatic carbocycles. The fourth-order valence-corrected chi connectivity index (χ4v) is 0. The molecule has 0 rings (SSSR count). The number of rotatable bonds is 1. The van der Waals surface area contributed by atoms with Crippen LogP contribution in [0.2, 0.25) is 0 Å². The van der Waals surface area contributed by atoms with Gasteiger partial charge < -0.3 is 5.11 Å². The van der Waals surface area contributed by atoms with Crippen molar-refractivity contribution in [2.45, 2.75) is 2.69 Å². The summed E-state index contributed by atoms with van der Waals surface area (Å²) < 4.78 is -1.49. The number of hydrogen-bond donors (Lipinski definition) is 1. The molecule has 0 fully saturated rings. The van der Waals surface area contributed by atoms with Crippen LogP contribution in [0.1, 0.15) is 0 Å². The number of halogens is 3. The van der Waals surface area contributed by atoms with E-state index >= 15 is 0 Å². The van der Waals surface area contributed by atoms with Crippen molar-refractivity contribution >= 4 is 49.4 Å². The summed E-state index contributed by atoms with van der Waals surface area (Å²) in [7, 11) is 0. The lowest BCUT2D eigenvalue weighted by atomic mass is 11.2. The molecule has 2 nitrogen and oxygen atoms in total. The molecule has 0 heterocycles. The summed E-state index contributed by atoms with van der Waals surface area (Å²) in [5, 5.41) is 8.02. The lowest BCUT2D eigenvalue weighted by molar-refractivity contribution is -0.135. The topological polar surface area (TPSA) is 37.3 Å². The first-order valence-corrected chi connectivity index (χ1v) is 3.21. The third-order valence-corrected chi connectivity index (χ3v) is 1.08. The van der Waals surface area contributed by atoms with Gasteiger partial charge in [-0.05, 0) is 31.9 Å². The molecule has 1 N–H and O–H groups in total. The van der Waals surface area contributed by atoms with E-state index in [4.69, 9.17) is 16.7 Å². The molecule has 0 bridgehead atoms. The first-order valence-electron chi connectivity index (χ1n) is 1.24. The van der Waals surface area contributed by atoms with Crippen molar-refractivity contribution in [2.24, 2.45) is 0 Å². The highest BCUT2D eigenvalue weighted by Crippen LogP contribution is 2.30. The monoisotopic (exact) mass is 251 g/mol. The maximum Gasteiger partial charge on any atom is 0.346 e. The first kappa shape index (κ1) is 7.72. The molecule has 0 saturated heterocycles. The first-order chi connectivity index (χ1) is 2.94. The van der Waals surface area contributed by atoms with Crippen LogP contribution in [0.4, 0.5) is 0 Å². The highest BCUT2D eigenvalue weighted by Gasteiger charge is 2.27. The summed E-state index contributed by atoms with van der Waals surface area (Å²) in [6.45, 7) is 0. The van der Waals surface area contributed by atoms with E-state index in [2.05, 4.69) is 31.9 Å². The van der Waals surface area contributed by atoms with Crippen molar-refractivity contribution in [1.82, 2.24) is 0 Å². The predicted molar refractivity (Wildman–Crippen MR) is 34.1 cm³/mol. The van der Waals surface area contributed by atoms with Crippen molar-refractivity contribution in [3.05, 3.63) is 0 Å². The zero-order valence-electron chi connectivity index (χ0n) is 2.99. The van der Waals surface area contributed by atoms with Gasteiger partial charge in [-0.1, -0.05) is 11.6 Å². The fraction of sp³-hybridized carbons (Fsp3) is 0.500. The minimum Gasteiger partial charge on any atom is -0.479 e. The number of aliphatic carboxylic acids is 1. The van der Waals surface area contributed by atoms with Gasteiger partial charge in [-0.15, -0.1) is 0 Å². The molecule has 0 atom stereocenters. The molecule has 0 aliphatic heterocycles. The van der Waals surface area contributed by atoms with Crippen LogP contribution in [0.3, 0.4) is 0 Å². The summed E-state index contributed by atoms with van der Waals surface area (Å²) in [5.41, 5.74) is 0. The molecule has 0 aliphatic rings. The zero-order chi connectivity index (χ0) is 6.08. The van der Waals surface area contributed by atoms with Crippen LogP contribution in [-0.4, -0.2) is 13.8 Å². The van der Waals surface area contributed by atoms with E-state index in [1.165, 1.54) is 0 Å². The third kappa shape index (κ3) is 3.32. The van der Waals surface area contributed by atoms with Crippen molar-refractivity contribution in [1.29, 1.82) is 0 Å². The second-order valence-corrected chi connectivity index (χ2v) is 5.73. The molecule has 0 spiro atoms. The van der Waals surface area contributed by atoms with Gasteiger partial charge in [0.05, 0.1) is 0 Å². The maximum absolute atomic E-state index is 9.80. The fourth-order valence-electron chi connectivity index (χ4n) is 0. The Kier molecular flexibility index (Phi) is 2.57. The largest absolute Gasteiger partial charge is 0.479 e. The second kappa shape index (κ2) is 2.33. The van der Waals surface area contributed by atoms with Crippen LogP contribution >= 0.6 is 43.5 Å². The van der Waals surface area contributed by atoms with Gasteiger partial charge in [-0.2, -0.15) is 0 Å². The molecule has 5 heteroatoms. The standard InChI is InChI=1S/C2HBr2ClO2/c3-2(4,5)1(6)7/h(H,6,7)/i1+1. The highest BCUT2D eigenvalue weighted by atomic mass is 79.9. The van der Waals surface area contributed by atoms with Crippen LogP contribution in [0.15, 0.2) is 0 Å². The quantitative estimate of drug-likeness (QED) is 0.571. The van der Waals surface area contributed by atoms with Crippen molar-refractivity contribution in [3.8, 4) is 0 Å². The van der Waals surface area contributed by atoms with E-state index < -0.39 is 8.66 Å². The van der Waals surface area contributed by atoms with Crippen molar-refractivity contribution in [2.75, 3.05) is 0 Å². The van der Waals surface area contributed by atoms with E-state index in [1.807, 2.05) is 0 Å². The molecule has 0 aromatic heterocycles. The summed E-state index contributed by atoms with van der Waals surface area (Å²) >= 11 is 10.4. The summed E-state index contributed by atoms with van der Waals surface area (Å²) in [4.78, 5) is 9.80. The highest BCUT2D eigenvalue weighted by molar-refractivity contribution is 9.26. The predicted octanol–water partition coefficient (Wildman–Crippen LogP) is 1.75. The smallest absolute Gasteiger partial charge is 0.346 e. The molecule has 0 radical (unpaired) electrons. The van der Waals surface area contributed by atoms with Crippen molar-refractivity contribution < 1.29 is 9.90 Å². The Morgan fingerprint density at radius 3 is 1.86 bits per heavy atom. The Morgan fingerprint density at radius 1 is 1.71 bits per heavy atom. The molecule has 0 aromatic rings. The van der Waals surface area contributed by atoms with Crippen LogP contribution in [0.5, 0.6) is 0 Å². The second-order valence-electron chi connectivity index (χ2n) is 0.803. The number of carboxylic acid groups (broad SMARTS) is 1.